The molecule has 2 nitrogen and oxygen atoms in total. The average Bonchev–Trinajstić information content (AvgIpc) is 2.47. The van der Waals surface area contributed by atoms with E-state index in [1.165, 1.54) is 23.4 Å². The number of hydrogen-bond acceptors (Lipinski definition) is 2. The minimum atomic E-state index is -0.780. The summed E-state index contributed by atoms with van der Waals surface area (Å²) >= 11 is 1.37. The van der Waals surface area contributed by atoms with E-state index in [0.29, 0.717) is 0 Å². The maximum absolute atomic E-state index is 13.5. The molecule has 1 N–H and O–H groups in total. The molecule has 0 fully saturated rings. The van der Waals surface area contributed by atoms with E-state index in [4.69, 9.17) is 0 Å². The van der Waals surface area contributed by atoms with Gasteiger partial charge < -0.3 is 5.32 Å². The van der Waals surface area contributed by atoms with Crippen LogP contribution in [0.25, 0.3) is 0 Å². The Balaban J connectivity index is 1.91. The van der Waals surface area contributed by atoms with E-state index in [-0.39, 0.29) is 22.8 Å². The Morgan fingerprint density at radius 1 is 1.09 bits per heavy atom. The van der Waals surface area contributed by atoms with Crippen LogP contribution < -0.4 is 5.32 Å². The monoisotopic (exact) mass is 335 g/mol. The molecule has 23 heavy (non-hydrogen) atoms. The number of nitrogens with one attached hydrogen (secondary N) is 1. The second-order valence-corrected chi connectivity index (χ2v) is 7.28. The lowest BCUT2D eigenvalue weighted by Crippen LogP contribution is -2.15. The van der Waals surface area contributed by atoms with Crippen molar-refractivity contribution in [1.82, 2.24) is 0 Å². The van der Waals surface area contributed by atoms with Crippen LogP contribution in [0.4, 0.5) is 14.5 Å². The van der Waals surface area contributed by atoms with Gasteiger partial charge in [-0.2, -0.15) is 0 Å². The summed E-state index contributed by atoms with van der Waals surface area (Å²) in [5, 5.41) is 2.44. The second kappa shape index (κ2) is 7.13. The highest BCUT2D eigenvalue weighted by atomic mass is 32.2. The fourth-order valence-electron chi connectivity index (χ4n) is 1.98. The number of thioether (sulfide) groups is 1. The molecule has 2 rings (SSSR count). The molecule has 0 atom stereocenters. The first-order valence-corrected chi connectivity index (χ1v) is 8.22. The lowest BCUT2D eigenvalue weighted by molar-refractivity contribution is -0.113. The van der Waals surface area contributed by atoms with Crippen molar-refractivity contribution in [2.45, 2.75) is 31.1 Å². The summed E-state index contributed by atoms with van der Waals surface area (Å²) in [6.45, 7) is 6.42. The van der Waals surface area contributed by atoms with Crippen LogP contribution in [0.1, 0.15) is 26.3 Å². The van der Waals surface area contributed by atoms with Gasteiger partial charge in [-0.15, -0.1) is 11.8 Å². The van der Waals surface area contributed by atoms with E-state index in [1.54, 1.807) is 0 Å². The molecule has 2 aromatic rings. The van der Waals surface area contributed by atoms with Crippen LogP contribution in [-0.4, -0.2) is 11.7 Å². The number of hydrogen-bond donors (Lipinski definition) is 1. The lowest BCUT2D eigenvalue weighted by atomic mass is 9.87. The molecule has 122 valence electrons. The summed E-state index contributed by atoms with van der Waals surface area (Å²) in [7, 11) is 0. The van der Waals surface area contributed by atoms with E-state index >= 15 is 0 Å². The number of benzene rings is 2. The van der Waals surface area contributed by atoms with Gasteiger partial charge in [0.1, 0.15) is 11.6 Å². The Labute approximate surface area is 139 Å². The summed E-state index contributed by atoms with van der Waals surface area (Å²) in [5.41, 5.74) is 1.29. The minimum Gasteiger partial charge on any atom is -0.323 e. The summed E-state index contributed by atoms with van der Waals surface area (Å²) in [5.74, 6) is -1.63. The molecule has 0 saturated heterocycles. The van der Waals surface area contributed by atoms with Crippen molar-refractivity contribution in [3.8, 4) is 0 Å². The van der Waals surface area contributed by atoms with Gasteiger partial charge in [0.15, 0.2) is 0 Å². The largest absolute Gasteiger partial charge is 0.323 e. The first kappa shape index (κ1) is 17.5. The third-order valence-corrected chi connectivity index (χ3v) is 4.31. The first-order chi connectivity index (χ1) is 10.8. The van der Waals surface area contributed by atoms with Crippen LogP contribution in [0.3, 0.4) is 0 Å². The Bertz CT molecular complexity index is 693. The van der Waals surface area contributed by atoms with Crippen LogP contribution in [0.5, 0.6) is 0 Å². The fourth-order valence-corrected chi connectivity index (χ4v) is 2.68. The van der Waals surface area contributed by atoms with Crippen molar-refractivity contribution in [1.29, 1.82) is 0 Å². The summed E-state index contributed by atoms with van der Waals surface area (Å²) in [4.78, 5) is 12.8. The number of amides is 1. The Morgan fingerprint density at radius 3 is 2.30 bits per heavy atom. The zero-order chi connectivity index (χ0) is 17.0. The van der Waals surface area contributed by atoms with E-state index in [9.17, 15) is 13.6 Å². The van der Waals surface area contributed by atoms with Gasteiger partial charge >= 0.3 is 0 Å². The van der Waals surface area contributed by atoms with Crippen LogP contribution in [-0.2, 0) is 10.2 Å². The second-order valence-electron chi connectivity index (χ2n) is 6.24. The number of halogens is 2. The van der Waals surface area contributed by atoms with Crippen LogP contribution >= 0.6 is 11.8 Å². The molecule has 5 heteroatoms. The van der Waals surface area contributed by atoms with Gasteiger partial charge in [-0.1, -0.05) is 32.9 Å². The van der Waals surface area contributed by atoms with Crippen molar-refractivity contribution in [2.75, 3.05) is 11.1 Å². The number of rotatable bonds is 4. The molecular formula is C18H19F2NOS. The van der Waals surface area contributed by atoms with Crippen molar-refractivity contribution >= 4 is 23.4 Å². The third-order valence-electron chi connectivity index (χ3n) is 3.30. The maximum Gasteiger partial charge on any atom is 0.234 e. The number of carbonyl (C=O) groups excluding carboxylic acids is 1. The highest BCUT2D eigenvalue weighted by Crippen LogP contribution is 2.25. The quantitative estimate of drug-likeness (QED) is 0.797. The first-order valence-electron chi connectivity index (χ1n) is 7.24. The van der Waals surface area contributed by atoms with Crippen molar-refractivity contribution < 1.29 is 13.6 Å². The standard InChI is InChI=1S/C18H19F2NOS/c1-18(2,3)12-4-7-14(8-5-12)23-11-17(22)21-16-9-6-13(19)10-15(16)20/h4-10H,11H2,1-3H3,(H,21,22). The van der Waals surface area contributed by atoms with Gasteiger partial charge in [-0.3, -0.25) is 4.79 Å². The maximum atomic E-state index is 13.5. The average molecular weight is 335 g/mol. The molecule has 0 saturated carbocycles. The van der Waals surface area contributed by atoms with Gasteiger partial charge in [0.05, 0.1) is 11.4 Å². The zero-order valence-electron chi connectivity index (χ0n) is 13.3. The van der Waals surface area contributed by atoms with Crippen molar-refractivity contribution in [3.63, 3.8) is 0 Å². The molecule has 0 heterocycles. The molecule has 0 aromatic heterocycles. The smallest absolute Gasteiger partial charge is 0.234 e. The SMILES string of the molecule is CC(C)(C)c1ccc(SCC(=O)Nc2ccc(F)cc2F)cc1. The highest BCUT2D eigenvalue weighted by Gasteiger charge is 2.13. The van der Waals surface area contributed by atoms with Gasteiger partial charge in [0.25, 0.3) is 0 Å². The molecule has 0 aliphatic carbocycles. The van der Waals surface area contributed by atoms with E-state index < -0.39 is 11.6 Å². The Kier molecular flexibility index (Phi) is 5.42. The van der Waals surface area contributed by atoms with E-state index in [1.807, 2.05) is 24.3 Å². The lowest BCUT2D eigenvalue weighted by Gasteiger charge is -2.19. The highest BCUT2D eigenvalue weighted by molar-refractivity contribution is 8.00. The zero-order valence-corrected chi connectivity index (χ0v) is 14.1. The van der Waals surface area contributed by atoms with Crippen LogP contribution in [0, 0.1) is 11.6 Å². The fraction of sp³-hybridized carbons (Fsp3) is 0.278. The predicted octanol–water partition coefficient (Wildman–Crippen LogP) is 4.99. The Hall–Kier alpha value is -1.88. The summed E-state index contributed by atoms with van der Waals surface area (Å²) in [6, 6.07) is 11.1. The van der Waals surface area contributed by atoms with Gasteiger partial charge in [-0.25, -0.2) is 8.78 Å². The molecule has 0 radical (unpaired) electrons. The topological polar surface area (TPSA) is 29.1 Å². The van der Waals surface area contributed by atoms with E-state index in [0.717, 1.165) is 17.0 Å². The Morgan fingerprint density at radius 2 is 1.74 bits per heavy atom. The predicted molar refractivity (Wildman–Crippen MR) is 90.9 cm³/mol. The molecule has 0 unspecified atom stereocenters. The summed E-state index contributed by atoms with van der Waals surface area (Å²) < 4.78 is 26.3. The normalized spacial score (nSPS) is 11.3. The third kappa shape index (κ3) is 5.06. The van der Waals surface area contributed by atoms with Crippen molar-refractivity contribution in [2.24, 2.45) is 0 Å². The van der Waals surface area contributed by atoms with Gasteiger partial charge in [-0.05, 0) is 35.2 Å². The number of anilines is 1. The molecule has 0 aliphatic rings. The molecule has 2 aromatic carbocycles. The molecular weight excluding hydrogens is 316 g/mol. The molecule has 0 aliphatic heterocycles. The molecule has 0 spiro atoms. The summed E-state index contributed by atoms with van der Waals surface area (Å²) in [6.07, 6.45) is 0. The molecule has 1 amide bonds. The van der Waals surface area contributed by atoms with Crippen molar-refractivity contribution in [3.05, 3.63) is 59.7 Å². The van der Waals surface area contributed by atoms with E-state index in [2.05, 4.69) is 26.1 Å². The van der Waals surface area contributed by atoms with Crippen LogP contribution in [0.2, 0.25) is 0 Å². The van der Waals surface area contributed by atoms with Gasteiger partial charge in [0.2, 0.25) is 5.91 Å². The molecule has 0 bridgehead atoms. The van der Waals surface area contributed by atoms with Gasteiger partial charge in [0, 0.05) is 11.0 Å². The van der Waals surface area contributed by atoms with Crippen LogP contribution in [0.15, 0.2) is 47.4 Å². The minimum absolute atomic E-state index is 0.0138. The number of carbonyl (C=O) groups is 1.